The summed E-state index contributed by atoms with van der Waals surface area (Å²) in [5.41, 5.74) is 1.13. The van der Waals surface area contributed by atoms with Crippen LogP contribution in [0.1, 0.15) is 35.1 Å². The van der Waals surface area contributed by atoms with Gasteiger partial charge in [0.25, 0.3) is 0 Å². The number of benzene rings is 2. The fourth-order valence-electron chi connectivity index (χ4n) is 3.89. The molecule has 4 rings (SSSR count). The fraction of sp³-hybridized carbons (Fsp3) is 0.263. The first-order valence-corrected chi connectivity index (χ1v) is 8.22. The van der Waals surface area contributed by atoms with Crippen molar-refractivity contribution >= 4 is 17.3 Å². The van der Waals surface area contributed by atoms with Gasteiger partial charge >= 0.3 is 6.18 Å². The van der Waals surface area contributed by atoms with Gasteiger partial charge in [0.2, 0.25) is 0 Å². The van der Waals surface area contributed by atoms with Crippen molar-refractivity contribution in [3.8, 4) is 0 Å². The third-order valence-corrected chi connectivity index (χ3v) is 5.29. The Bertz CT molecular complexity index is 812. The molecule has 24 heavy (non-hydrogen) atoms. The SMILES string of the molecule is FC(F)(F)c1cccc2c1N[C@H](c1ccccc1Cl)[C@@H]1CC=C[C@H]21. The van der Waals surface area contributed by atoms with Gasteiger partial charge < -0.3 is 5.32 Å². The number of alkyl halides is 3. The van der Waals surface area contributed by atoms with Crippen LogP contribution in [0.3, 0.4) is 0 Å². The lowest BCUT2D eigenvalue weighted by Gasteiger charge is -2.39. The number of allylic oxidation sites excluding steroid dienone is 2. The van der Waals surface area contributed by atoms with Crippen molar-refractivity contribution in [2.75, 3.05) is 5.32 Å². The molecule has 2 aromatic carbocycles. The maximum Gasteiger partial charge on any atom is 0.418 e. The lowest BCUT2D eigenvalue weighted by atomic mass is 9.76. The Balaban J connectivity index is 1.87. The molecule has 0 spiro atoms. The van der Waals surface area contributed by atoms with E-state index >= 15 is 0 Å². The number of halogens is 4. The molecule has 1 aliphatic carbocycles. The summed E-state index contributed by atoms with van der Waals surface area (Å²) in [5.74, 6) is 0.144. The second-order valence-corrected chi connectivity index (χ2v) is 6.67. The van der Waals surface area contributed by atoms with Gasteiger partial charge in [-0.15, -0.1) is 0 Å². The Labute approximate surface area is 143 Å². The van der Waals surface area contributed by atoms with E-state index in [1.807, 2.05) is 24.3 Å². The van der Waals surface area contributed by atoms with Crippen LogP contribution >= 0.6 is 11.6 Å². The van der Waals surface area contributed by atoms with Crippen molar-refractivity contribution in [2.24, 2.45) is 5.92 Å². The molecule has 0 saturated heterocycles. The number of para-hydroxylation sites is 1. The fourth-order valence-corrected chi connectivity index (χ4v) is 4.15. The second kappa shape index (κ2) is 5.55. The summed E-state index contributed by atoms with van der Waals surface area (Å²) in [6.07, 6.45) is 0.506. The Morgan fingerprint density at radius 2 is 1.75 bits per heavy atom. The molecule has 1 nitrogen and oxygen atoms in total. The van der Waals surface area contributed by atoms with Gasteiger partial charge in [-0.05, 0) is 35.6 Å². The third kappa shape index (κ3) is 2.40. The first-order valence-electron chi connectivity index (χ1n) is 7.84. The molecule has 2 aromatic rings. The number of fused-ring (bicyclic) bond motifs is 3. The first kappa shape index (κ1) is 15.6. The van der Waals surface area contributed by atoms with Crippen molar-refractivity contribution in [2.45, 2.75) is 24.6 Å². The molecule has 0 amide bonds. The van der Waals surface area contributed by atoms with E-state index in [9.17, 15) is 13.2 Å². The minimum absolute atomic E-state index is 0.0233. The van der Waals surface area contributed by atoms with Crippen LogP contribution in [0.5, 0.6) is 0 Å². The van der Waals surface area contributed by atoms with Gasteiger partial charge in [0.05, 0.1) is 17.3 Å². The first-order chi connectivity index (χ1) is 11.5. The number of hydrogen-bond acceptors (Lipinski definition) is 1. The summed E-state index contributed by atoms with van der Waals surface area (Å²) in [6, 6.07) is 11.5. The number of nitrogens with one attached hydrogen (secondary N) is 1. The molecule has 0 aromatic heterocycles. The second-order valence-electron chi connectivity index (χ2n) is 6.26. The predicted molar refractivity (Wildman–Crippen MR) is 89.2 cm³/mol. The third-order valence-electron chi connectivity index (χ3n) is 4.94. The average Bonchev–Trinajstić information content (AvgIpc) is 3.03. The number of hydrogen-bond donors (Lipinski definition) is 1. The van der Waals surface area contributed by atoms with Crippen LogP contribution in [0.2, 0.25) is 5.02 Å². The highest BCUT2D eigenvalue weighted by atomic mass is 35.5. The Hall–Kier alpha value is -1.94. The van der Waals surface area contributed by atoms with Gasteiger partial charge in [0.1, 0.15) is 0 Å². The normalized spacial score (nSPS) is 25.1. The molecule has 1 aliphatic heterocycles. The molecule has 0 radical (unpaired) electrons. The predicted octanol–water partition coefficient (Wildman–Crippen LogP) is 6.19. The van der Waals surface area contributed by atoms with E-state index in [-0.39, 0.29) is 23.6 Å². The lowest BCUT2D eigenvalue weighted by Crippen LogP contribution is -2.31. The van der Waals surface area contributed by atoms with E-state index in [0.717, 1.165) is 18.1 Å². The van der Waals surface area contributed by atoms with Crippen molar-refractivity contribution in [3.63, 3.8) is 0 Å². The summed E-state index contributed by atoms with van der Waals surface area (Å²) in [6.45, 7) is 0. The van der Waals surface area contributed by atoms with Gasteiger partial charge in [-0.2, -0.15) is 13.2 Å². The van der Waals surface area contributed by atoms with Crippen LogP contribution in [-0.2, 0) is 6.18 Å². The maximum absolute atomic E-state index is 13.4. The zero-order valence-electron chi connectivity index (χ0n) is 12.6. The monoisotopic (exact) mass is 349 g/mol. The highest BCUT2D eigenvalue weighted by Gasteiger charge is 2.43. The van der Waals surface area contributed by atoms with Gasteiger partial charge in [0.15, 0.2) is 0 Å². The van der Waals surface area contributed by atoms with E-state index in [2.05, 4.69) is 11.4 Å². The molecule has 0 saturated carbocycles. The number of rotatable bonds is 1. The highest BCUT2D eigenvalue weighted by molar-refractivity contribution is 6.31. The van der Waals surface area contributed by atoms with E-state index in [0.29, 0.717) is 10.6 Å². The van der Waals surface area contributed by atoms with Crippen LogP contribution in [0.4, 0.5) is 18.9 Å². The topological polar surface area (TPSA) is 12.0 Å². The minimum atomic E-state index is -4.39. The van der Waals surface area contributed by atoms with Crippen LogP contribution in [-0.4, -0.2) is 0 Å². The van der Waals surface area contributed by atoms with Gasteiger partial charge in [0, 0.05) is 10.9 Å². The zero-order chi connectivity index (χ0) is 16.9. The molecular weight excluding hydrogens is 335 g/mol. The molecular formula is C19H15ClF3N. The van der Waals surface area contributed by atoms with E-state index in [1.54, 1.807) is 12.1 Å². The largest absolute Gasteiger partial charge is 0.418 e. The summed E-state index contributed by atoms with van der Waals surface area (Å²) < 4.78 is 40.3. The van der Waals surface area contributed by atoms with Crippen LogP contribution in [0, 0.1) is 5.92 Å². The van der Waals surface area contributed by atoms with Crippen LogP contribution < -0.4 is 5.32 Å². The van der Waals surface area contributed by atoms with E-state index in [1.165, 1.54) is 6.07 Å². The summed E-state index contributed by atoms with van der Waals surface area (Å²) in [5, 5.41) is 3.73. The van der Waals surface area contributed by atoms with Crippen molar-refractivity contribution < 1.29 is 13.2 Å². The van der Waals surface area contributed by atoms with Crippen molar-refractivity contribution in [3.05, 3.63) is 76.3 Å². The quantitative estimate of drug-likeness (QED) is 0.606. The lowest BCUT2D eigenvalue weighted by molar-refractivity contribution is -0.137. The standard InChI is InChI=1S/C19H15ClF3N/c20-16-10-2-1-5-14(16)17-12-7-3-6-11(12)13-8-4-9-15(18(13)24-17)19(21,22)23/h1-6,8-12,17,24H,7H2/t11-,12+,17-/m0/s1. The van der Waals surface area contributed by atoms with Gasteiger partial charge in [-0.3, -0.25) is 0 Å². The molecule has 2 aliphatic rings. The van der Waals surface area contributed by atoms with Crippen LogP contribution in [0.15, 0.2) is 54.6 Å². The Kier molecular flexibility index (Phi) is 3.61. The zero-order valence-corrected chi connectivity index (χ0v) is 13.4. The molecule has 124 valence electrons. The molecule has 5 heteroatoms. The molecule has 1 N–H and O–H groups in total. The average molecular weight is 350 g/mol. The number of anilines is 1. The Morgan fingerprint density at radius 3 is 2.50 bits per heavy atom. The van der Waals surface area contributed by atoms with E-state index < -0.39 is 11.7 Å². The van der Waals surface area contributed by atoms with Gasteiger partial charge in [-0.1, -0.05) is 54.1 Å². The summed E-state index contributed by atoms with van der Waals surface area (Å²) >= 11 is 6.32. The summed E-state index contributed by atoms with van der Waals surface area (Å²) in [4.78, 5) is 0. The maximum atomic E-state index is 13.4. The molecule has 3 atom stereocenters. The molecule has 0 unspecified atom stereocenters. The van der Waals surface area contributed by atoms with Crippen molar-refractivity contribution in [1.82, 2.24) is 0 Å². The molecule has 1 heterocycles. The smallest absolute Gasteiger partial charge is 0.377 e. The molecule has 0 bridgehead atoms. The summed E-state index contributed by atoms with van der Waals surface area (Å²) in [7, 11) is 0. The van der Waals surface area contributed by atoms with Crippen LogP contribution in [0.25, 0.3) is 0 Å². The van der Waals surface area contributed by atoms with Crippen molar-refractivity contribution in [1.29, 1.82) is 0 Å². The Morgan fingerprint density at radius 1 is 1.00 bits per heavy atom. The van der Waals surface area contributed by atoms with Gasteiger partial charge in [-0.25, -0.2) is 0 Å². The minimum Gasteiger partial charge on any atom is -0.377 e. The van der Waals surface area contributed by atoms with E-state index in [4.69, 9.17) is 11.6 Å². The molecule has 0 fully saturated rings. The highest BCUT2D eigenvalue weighted by Crippen LogP contribution is 2.53.